The van der Waals surface area contributed by atoms with Gasteiger partial charge in [0.05, 0.1) is 12.1 Å². The molecule has 0 saturated heterocycles. The minimum Gasteiger partial charge on any atom is -0.327 e. The second-order valence-corrected chi connectivity index (χ2v) is 3.62. The third kappa shape index (κ3) is 3.09. The van der Waals surface area contributed by atoms with Crippen molar-refractivity contribution in [3.63, 3.8) is 0 Å². The average Bonchev–Trinajstić information content (AvgIpc) is 2.29. The number of nitrogens with zero attached hydrogens (tertiary/aromatic N) is 2. The van der Waals surface area contributed by atoms with Gasteiger partial charge >= 0.3 is 0 Å². The van der Waals surface area contributed by atoms with Crippen LogP contribution in [0.3, 0.4) is 0 Å². The van der Waals surface area contributed by atoms with Gasteiger partial charge in [-0.1, -0.05) is 12.8 Å². The number of carbonyl (C=O) groups excluding carboxylic acids is 1. The first-order valence-corrected chi connectivity index (χ1v) is 5.34. The molecule has 0 unspecified atom stereocenters. The van der Waals surface area contributed by atoms with Crippen LogP contribution in [0, 0.1) is 19.3 Å². The number of aromatic nitrogens is 1. The second kappa shape index (κ2) is 5.92. The number of hydrogen-bond donors (Lipinski definition) is 0. The third-order valence-corrected chi connectivity index (χ3v) is 2.22. The van der Waals surface area contributed by atoms with E-state index in [2.05, 4.69) is 10.9 Å². The summed E-state index contributed by atoms with van der Waals surface area (Å²) in [6, 6.07) is 3.61. The minimum atomic E-state index is -0.0488. The van der Waals surface area contributed by atoms with Crippen molar-refractivity contribution in [2.75, 3.05) is 13.1 Å². The van der Waals surface area contributed by atoms with E-state index in [1.807, 2.05) is 19.9 Å². The van der Waals surface area contributed by atoms with Gasteiger partial charge in [0.25, 0.3) is 5.91 Å². The zero-order valence-corrected chi connectivity index (χ0v) is 9.73. The number of aryl methyl sites for hydroxylation is 1. The summed E-state index contributed by atoms with van der Waals surface area (Å²) >= 11 is 0. The molecule has 3 nitrogen and oxygen atoms in total. The Labute approximate surface area is 96.5 Å². The van der Waals surface area contributed by atoms with Crippen molar-refractivity contribution < 1.29 is 4.79 Å². The highest BCUT2D eigenvalue weighted by Crippen LogP contribution is 2.05. The maximum atomic E-state index is 12.0. The SMILES string of the molecule is C#CCN(CCC)C(=O)c1ccc(C)nc1. The quantitative estimate of drug-likeness (QED) is 0.720. The van der Waals surface area contributed by atoms with Crippen LogP contribution < -0.4 is 0 Å². The molecule has 0 radical (unpaired) electrons. The summed E-state index contributed by atoms with van der Waals surface area (Å²) in [6.45, 7) is 4.93. The van der Waals surface area contributed by atoms with Crippen molar-refractivity contribution in [2.24, 2.45) is 0 Å². The molecular formula is C13H16N2O. The molecule has 1 heterocycles. The lowest BCUT2D eigenvalue weighted by Gasteiger charge is -2.19. The summed E-state index contributed by atoms with van der Waals surface area (Å²) in [6.07, 6.45) is 7.73. The topological polar surface area (TPSA) is 33.2 Å². The molecule has 0 saturated carbocycles. The Balaban J connectivity index is 2.82. The minimum absolute atomic E-state index is 0.0488. The predicted octanol–water partition coefficient (Wildman–Crippen LogP) is 1.88. The van der Waals surface area contributed by atoms with Crippen LogP contribution in [0.15, 0.2) is 18.3 Å². The van der Waals surface area contributed by atoms with Gasteiger partial charge in [0.15, 0.2) is 0 Å². The average molecular weight is 216 g/mol. The van der Waals surface area contributed by atoms with Crippen LogP contribution in [0.25, 0.3) is 0 Å². The molecule has 0 aliphatic rings. The molecular weight excluding hydrogens is 200 g/mol. The van der Waals surface area contributed by atoms with Crippen molar-refractivity contribution >= 4 is 5.91 Å². The highest BCUT2D eigenvalue weighted by molar-refractivity contribution is 5.94. The standard InChI is InChI=1S/C13H16N2O/c1-4-8-15(9-5-2)13(16)12-7-6-11(3)14-10-12/h1,6-7,10H,5,8-9H2,2-3H3. The van der Waals surface area contributed by atoms with Crippen molar-refractivity contribution in [3.8, 4) is 12.3 Å². The smallest absolute Gasteiger partial charge is 0.256 e. The Kier molecular flexibility index (Phi) is 4.53. The van der Waals surface area contributed by atoms with E-state index < -0.39 is 0 Å². The first-order valence-electron chi connectivity index (χ1n) is 5.34. The maximum absolute atomic E-state index is 12.0. The summed E-state index contributed by atoms with van der Waals surface area (Å²) in [7, 11) is 0. The number of terminal acetylenes is 1. The molecule has 1 rings (SSSR count). The van der Waals surface area contributed by atoms with Gasteiger partial charge in [-0.3, -0.25) is 9.78 Å². The monoisotopic (exact) mass is 216 g/mol. The molecule has 1 amide bonds. The number of hydrogen-bond acceptors (Lipinski definition) is 2. The highest BCUT2D eigenvalue weighted by Gasteiger charge is 2.13. The van der Waals surface area contributed by atoms with E-state index in [0.29, 0.717) is 18.7 Å². The van der Waals surface area contributed by atoms with E-state index in [1.54, 1.807) is 17.2 Å². The summed E-state index contributed by atoms with van der Waals surface area (Å²) in [5.41, 5.74) is 1.49. The largest absolute Gasteiger partial charge is 0.327 e. The lowest BCUT2D eigenvalue weighted by Crippen LogP contribution is -2.32. The third-order valence-electron chi connectivity index (χ3n) is 2.22. The molecule has 84 valence electrons. The molecule has 1 aromatic rings. The summed E-state index contributed by atoms with van der Waals surface area (Å²) < 4.78 is 0. The zero-order valence-electron chi connectivity index (χ0n) is 9.73. The van der Waals surface area contributed by atoms with Crippen molar-refractivity contribution in [3.05, 3.63) is 29.6 Å². The molecule has 0 atom stereocenters. The highest BCUT2D eigenvalue weighted by atomic mass is 16.2. The van der Waals surface area contributed by atoms with Gasteiger partial charge in [0.1, 0.15) is 0 Å². The Morgan fingerprint density at radius 3 is 2.81 bits per heavy atom. The summed E-state index contributed by atoms with van der Waals surface area (Å²) in [5.74, 6) is 2.45. The predicted molar refractivity (Wildman–Crippen MR) is 64.0 cm³/mol. The van der Waals surface area contributed by atoms with E-state index in [-0.39, 0.29) is 5.91 Å². The Bertz CT molecular complexity index is 389. The van der Waals surface area contributed by atoms with Crippen LogP contribution in [0.1, 0.15) is 29.4 Å². The Hall–Kier alpha value is -1.82. The van der Waals surface area contributed by atoms with Gasteiger partial charge in [-0.15, -0.1) is 6.42 Å². The Morgan fingerprint density at radius 2 is 2.31 bits per heavy atom. The molecule has 0 aliphatic heterocycles. The molecule has 0 aliphatic carbocycles. The van der Waals surface area contributed by atoms with Crippen molar-refractivity contribution in [2.45, 2.75) is 20.3 Å². The fraction of sp³-hybridized carbons (Fsp3) is 0.385. The lowest BCUT2D eigenvalue weighted by atomic mass is 10.2. The summed E-state index contributed by atoms with van der Waals surface area (Å²) in [5, 5.41) is 0. The van der Waals surface area contributed by atoms with E-state index >= 15 is 0 Å². The maximum Gasteiger partial charge on any atom is 0.256 e. The first-order chi connectivity index (χ1) is 7.69. The fourth-order valence-corrected chi connectivity index (χ4v) is 1.41. The molecule has 1 aromatic heterocycles. The van der Waals surface area contributed by atoms with Crippen LogP contribution in [-0.2, 0) is 0 Å². The van der Waals surface area contributed by atoms with E-state index in [4.69, 9.17) is 6.42 Å². The van der Waals surface area contributed by atoms with E-state index in [1.165, 1.54) is 0 Å². The first kappa shape index (κ1) is 12.3. The van der Waals surface area contributed by atoms with Crippen molar-refractivity contribution in [1.82, 2.24) is 9.88 Å². The van der Waals surface area contributed by atoms with Crippen LogP contribution in [0.2, 0.25) is 0 Å². The van der Waals surface area contributed by atoms with Crippen LogP contribution >= 0.6 is 0 Å². The number of pyridine rings is 1. The zero-order chi connectivity index (χ0) is 12.0. The molecule has 0 spiro atoms. The van der Waals surface area contributed by atoms with Gasteiger partial charge in [0.2, 0.25) is 0 Å². The van der Waals surface area contributed by atoms with E-state index in [9.17, 15) is 4.79 Å². The number of carbonyl (C=O) groups is 1. The second-order valence-electron chi connectivity index (χ2n) is 3.62. The van der Waals surface area contributed by atoms with Gasteiger partial charge < -0.3 is 4.90 Å². The number of amides is 1. The lowest BCUT2D eigenvalue weighted by molar-refractivity contribution is 0.0776. The molecule has 3 heteroatoms. The van der Waals surface area contributed by atoms with Crippen LogP contribution in [0.4, 0.5) is 0 Å². The van der Waals surface area contributed by atoms with Crippen LogP contribution in [-0.4, -0.2) is 28.9 Å². The molecule has 0 N–H and O–H groups in total. The van der Waals surface area contributed by atoms with Gasteiger partial charge in [-0.25, -0.2) is 0 Å². The molecule has 0 aromatic carbocycles. The number of rotatable bonds is 4. The van der Waals surface area contributed by atoms with Gasteiger partial charge in [-0.2, -0.15) is 0 Å². The van der Waals surface area contributed by atoms with E-state index in [0.717, 1.165) is 12.1 Å². The summed E-state index contributed by atoms with van der Waals surface area (Å²) in [4.78, 5) is 17.8. The molecule has 0 bridgehead atoms. The fourth-order valence-electron chi connectivity index (χ4n) is 1.41. The van der Waals surface area contributed by atoms with Crippen LogP contribution in [0.5, 0.6) is 0 Å². The normalized spacial score (nSPS) is 9.56. The molecule has 0 fully saturated rings. The van der Waals surface area contributed by atoms with Gasteiger partial charge in [-0.05, 0) is 25.5 Å². The van der Waals surface area contributed by atoms with Gasteiger partial charge in [0, 0.05) is 18.4 Å². The molecule has 16 heavy (non-hydrogen) atoms. The Morgan fingerprint density at radius 1 is 1.56 bits per heavy atom. The van der Waals surface area contributed by atoms with Crippen molar-refractivity contribution in [1.29, 1.82) is 0 Å².